The number of aromatic nitrogens is 2. The molecule has 0 spiro atoms. The van der Waals surface area contributed by atoms with Crippen molar-refractivity contribution < 1.29 is 18.7 Å². The van der Waals surface area contributed by atoms with Gasteiger partial charge in [0, 0.05) is 30.4 Å². The van der Waals surface area contributed by atoms with Crippen molar-refractivity contribution in [2.45, 2.75) is 32.7 Å². The summed E-state index contributed by atoms with van der Waals surface area (Å²) in [6.07, 6.45) is 5.17. The molecule has 0 saturated heterocycles. The molecule has 0 radical (unpaired) electrons. The lowest BCUT2D eigenvalue weighted by Gasteiger charge is -2.09. The Balaban J connectivity index is 1.43. The molecule has 0 saturated carbocycles. The van der Waals surface area contributed by atoms with E-state index >= 15 is 0 Å². The third kappa shape index (κ3) is 3.89. The number of hydrogen-bond acceptors (Lipinski definition) is 4. The molecule has 6 nitrogen and oxygen atoms in total. The minimum atomic E-state index is -0.530. The number of nitrogens with zero attached hydrogens (tertiary/aromatic N) is 1. The number of aromatic amines is 1. The van der Waals surface area contributed by atoms with E-state index in [9.17, 15) is 14.0 Å². The molecule has 4 rings (SSSR count). The SMILES string of the molecule is Cc1c(C(=O)NCc2ccc(Oc3cccnc3)c(F)c2)[nH]c2c1C(=O)CCC2. The van der Waals surface area contributed by atoms with Gasteiger partial charge in [0.1, 0.15) is 11.4 Å². The maximum Gasteiger partial charge on any atom is 0.268 e. The van der Waals surface area contributed by atoms with Crippen molar-refractivity contribution in [2.75, 3.05) is 0 Å². The Morgan fingerprint density at radius 3 is 2.90 bits per heavy atom. The van der Waals surface area contributed by atoms with Crippen LogP contribution in [0, 0.1) is 12.7 Å². The van der Waals surface area contributed by atoms with Gasteiger partial charge in [0.2, 0.25) is 0 Å². The van der Waals surface area contributed by atoms with Gasteiger partial charge in [-0.3, -0.25) is 14.6 Å². The molecule has 0 atom stereocenters. The second kappa shape index (κ2) is 7.87. The predicted octanol–water partition coefficient (Wildman–Crippen LogP) is 4.10. The summed E-state index contributed by atoms with van der Waals surface area (Å²) in [4.78, 5) is 31.7. The van der Waals surface area contributed by atoms with Crippen molar-refractivity contribution in [1.82, 2.24) is 15.3 Å². The molecular formula is C22H20FN3O3. The fraction of sp³-hybridized carbons (Fsp3) is 0.227. The molecule has 1 aliphatic carbocycles. The summed E-state index contributed by atoms with van der Waals surface area (Å²) in [5.41, 5.74) is 3.13. The molecule has 29 heavy (non-hydrogen) atoms. The molecule has 1 aliphatic rings. The van der Waals surface area contributed by atoms with Crippen LogP contribution in [0.1, 0.15) is 50.5 Å². The Hall–Kier alpha value is -3.48. The number of ether oxygens (including phenoxy) is 1. The van der Waals surface area contributed by atoms with Gasteiger partial charge in [0.25, 0.3) is 5.91 Å². The zero-order valence-corrected chi connectivity index (χ0v) is 15.9. The van der Waals surface area contributed by atoms with E-state index < -0.39 is 5.82 Å². The van der Waals surface area contributed by atoms with E-state index in [4.69, 9.17) is 4.74 Å². The highest BCUT2D eigenvalue weighted by atomic mass is 19.1. The Morgan fingerprint density at radius 1 is 1.31 bits per heavy atom. The monoisotopic (exact) mass is 393 g/mol. The van der Waals surface area contributed by atoms with Gasteiger partial charge in [-0.1, -0.05) is 6.07 Å². The van der Waals surface area contributed by atoms with Crippen LogP contribution in [-0.4, -0.2) is 21.7 Å². The van der Waals surface area contributed by atoms with E-state index in [0.29, 0.717) is 34.6 Å². The number of ketones is 1. The molecule has 0 bridgehead atoms. The number of nitrogens with one attached hydrogen (secondary N) is 2. The number of rotatable bonds is 5. The quantitative estimate of drug-likeness (QED) is 0.684. The smallest absolute Gasteiger partial charge is 0.268 e. The van der Waals surface area contributed by atoms with Gasteiger partial charge >= 0.3 is 0 Å². The van der Waals surface area contributed by atoms with Crippen molar-refractivity contribution in [3.05, 3.63) is 76.6 Å². The third-order valence-electron chi connectivity index (χ3n) is 4.98. The minimum absolute atomic E-state index is 0.0744. The molecule has 148 valence electrons. The van der Waals surface area contributed by atoms with Crippen LogP contribution in [0.2, 0.25) is 0 Å². The summed E-state index contributed by atoms with van der Waals surface area (Å²) in [5.74, 6) is -0.253. The number of benzene rings is 1. The summed E-state index contributed by atoms with van der Waals surface area (Å²) in [6.45, 7) is 1.93. The van der Waals surface area contributed by atoms with Crippen molar-refractivity contribution >= 4 is 11.7 Å². The zero-order valence-electron chi connectivity index (χ0n) is 15.9. The van der Waals surface area contributed by atoms with E-state index in [0.717, 1.165) is 18.5 Å². The van der Waals surface area contributed by atoms with Crippen LogP contribution in [-0.2, 0) is 13.0 Å². The number of amides is 1. The van der Waals surface area contributed by atoms with E-state index in [1.165, 1.54) is 18.3 Å². The Morgan fingerprint density at radius 2 is 2.17 bits per heavy atom. The van der Waals surface area contributed by atoms with Crippen LogP contribution in [0.3, 0.4) is 0 Å². The largest absolute Gasteiger partial charge is 0.453 e. The van der Waals surface area contributed by atoms with Crippen molar-refractivity contribution in [1.29, 1.82) is 0 Å². The average Bonchev–Trinajstić information content (AvgIpc) is 3.07. The summed E-state index contributed by atoms with van der Waals surface area (Å²) in [5, 5.41) is 2.78. The first kappa shape index (κ1) is 18.9. The fourth-order valence-electron chi connectivity index (χ4n) is 3.54. The lowest BCUT2D eigenvalue weighted by Crippen LogP contribution is -2.24. The normalized spacial score (nSPS) is 13.1. The van der Waals surface area contributed by atoms with Gasteiger partial charge in [-0.25, -0.2) is 4.39 Å². The summed E-state index contributed by atoms with van der Waals surface area (Å²) >= 11 is 0. The molecule has 1 aromatic carbocycles. The molecule has 1 amide bonds. The number of fused-ring (bicyclic) bond motifs is 1. The molecule has 0 unspecified atom stereocenters. The fourth-order valence-corrected chi connectivity index (χ4v) is 3.54. The molecule has 2 heterocycles. The lowest BCUT2D eigenvalue weighted by molar-refractivity contribution is 0.0944. The lowest BCUT2D eigenvalue weighted by atomic mass is 9.94. The number of hydrogen-bond donors (Lipinski definition) is 2. The van der Waals surface area contributed by atoms with Crippen LogP contribution in [0.15, 0.2) is 42.7 Å². The molecule has 2 N–H and O–H groups in total. The van der Waals surface area contributed by atoms with Crippen LogP contribution in [0.4, 0.5) is 4.39 Å². The van der Waals surface area contributed by atoms with Crippen molar-refractivity contribution in [3.8, 4) is 11.5 Å². The number of pyridine rings is 1. The van der Waals surface area contributed by atoms with Crippen molar-refractivity contribution in [3.63, 3.8) is 0 Å². The second-order valence-electron chi connectivity index (χ2n) is 6.99. The van der Waals surface area contributed by atoms with E-state index in [1.54, 1.807) is 31.3 Å². The first-order chi connectivity index (χ1) is 14.0. The van der Waals surface area contributed by atoms with Gasteiger partial charge < -0.3 is 15.0 Å². The number of H-pyrrole nitrogens is 1. The van der Waals surface area contributed by atoms with Crippen LogP contribution in [0.5, 0.6) is 11.5 Å². The third-order valence-corrected chi connectivity index (χ3v) is 4.98. The number of carbonyl (C=O) groups is 2. The number of Topliss-reactive ketones (excluding diaryl/α,β-unsaturated/α-hetero) is 1. The standard InChI is InChI=1S/C22H20FN3O3/c1-13-20-17(5-2-6-18(20)27)26-21(13)22(28)25-11-14-7-8-19(16(23)10-14)29-15-4-3-9-24-12-15/h3-4,7-10,12,26H,2,5-6,11H2,1H3,(H,25,28). The van der Waals surface area contributed by atoms with Gasteiger partial charge in [-0.05, 0) is 55.2 Å². The maximum atomic E-state index is 14.3. The van der Waals surface area contributed by atoms with Crippen LogP contribution >= 0.6 is 0 Å². The zero-order chi connectivity index (χ0) is 20.4. The topological polar surface area (TPSA) is 84.1 Å². The van der Waals surface area contributed by atoms with E-state index in [2.05, 4.69) is 15.3 Å². The summed E-state index contributed by atoms with van der Waals surface area (Å²) in [7, 11) is 0. The van der Waals surface area contributed by atoms with Crippen LogP contribution in [0.25, 0.3) is 0 Å². The van der Waals surface area contributed by atoms with E-state index in [-0.39, 0.29) is 24.0 Å². The Bertz CT molecular complexity index is 1080. The minimum Gasteiger partial charge on any atom is -0.453 e. The number of halogens is 1. The molecule has 3 aromatic rings. The molecular weight excluding hydrogens is 373 g/mol. The van der Waals surface area contributed by atoms with E-state index in [1.807, 2.05) is 0 Å². The van der Waals surface area contributed by atoms with Gasteiger partial charge in [0.05, 0.1) is 6.20 Å². The summed E-state index contributed by atoms with van der Waals surface area (Å²) in [6, 6.07) is 7.91. The highest BCUT2D eigenvalue weighted by Crippen LogP contribution is 2.27. The molecule has 2 aromatic heterocycles. The molecule has 0 aliphatic heterocycles. The van der Waals surface area contributed by atoms with Crippen molar-refractivity contribution in [2.24, 2.45) is 0 Å². The highest BCUT2D eigenvalue weighted by molar-refractivity contribution is 6.04. The Kier molecular flexibility index (Phi) is 5.12. The second-order valence-corrected chi connectivity index (χ2v) is 6.99. The highest BCUT2D eigenvalue weighted by Gasteiger charge is 2.26. The average molecular weight is 393 g/mol. The first-order valence-electron chi connectivity index (χ1n) is 9.42. The first-order valence-corrected chi connectivity index (χ1v) is 9.42. The molecule has 7 heteroatoms. The number of aryl methyl sites for hydroxylation is 1. The van der Waals surface area contributed by atoms with Gasteiger partial charge in [0.15, 0.2) is 17.3 Å². The van der Waals surface area contributed by atoms with Gasteiger partial charge in [-0.2, -0.15) is 0 Å². The van der Waals surface area contributed by atoms with Crippen LogP contribution < -0.4 is 10.1 Å². The summed E-state index contributed by atoms with van der Waals surface area (Å²) < 4.78 is 19.8. The number of carbonyl (C=O) groups excluding carboxylic acids is 2. The van der Waals surface area contributed by atoms with Gasteiger partial charge in [-0.15, -0.1) is 0 Å². The molecule has 0 fully saturated rings. The predicted molar refractivity (Wildman–Crippen MR) is 105 cm³/mol. The maximum absolute atomic E-state index is 14.3. The Labute approximate surface area is 167 Å².